The third kappa shape index (κ3) is 4.70. The number of aryl methyl sites for hydroxylation is 1. The van der Waals surface area contributed by atoms with Crippen LogP contribution in [0.3, 0.4) is 0 Å². The van der Waals surface area contributed by atoms with Crippen LogP contribution in [0.1, 0.15) is 35.8 Å². The van der Waals surface area contributed by atoms with E-state index in [0.29, 0.717) is 11.6 Å². The fourth-order valence-electron chi connectivity index (χ4n) is 4.83. The van der Waals surface area contributed by atoms with Gasteiger partial charge in [0.15, 0.2) is 5.78 Å². The summed E-state index contributed by atoms with van der Waals surface area (Å²) in [6, 6.07) is 14.3. The standard InChI is InChI=1S/C25H31FN4O/c1-3-30(17-14-18-8-10-20(26)11-9-18)23(19-12-15-27-16-13-19)25(31)24-21-6-4-5-7-22(21)28-29(24)2/h4-11,19,23,27H,3,12-17H2,1-2H3/t23-/m1/s1. The van der Waals surface area contributed by atoms with Crippen molar-refractivity contribution in [1.29, 1.82) is 0 Å². The number of hydrogen-bond acceptors (Lipinski definition) is 4. The van der Waals surface area contributed by atoms with Crippen LogP contribution in [0.5, 0.6) is 0 Å². The Morgan fingerprint density at radius 1 is 1.19 bits per heavy atom. The average Bonchev–Trinajstić information content (AvgIpc) is 3.13. The van der Waals surface area contributed by atoms with Gasteiger partial charge < -0.3 is 5.32 Å². The van der Waals surface area contributed by atoms with Crippen molar-refractivity contribution in [3.63, 3.8) is 0 Å². The van der Waals surface area contributed by atoms with E-state index >= 15 is 0 Å². The smallest absolute Gasteiger partial charge is 0.198 e. The van der Waals surface area contributed by atoms with E-state index in [1.165, 1.54) is 12.1 Å². The van der Waals surface area contributed by atoms with Crippen LogP contribution in [-0.4, -0.2) is 52.7 Å². The predicted octanol–water partition coefficient (Wildman–Crippen LogP) is 3.83. The molecule has 1 aliphatic rings. The summed E-state index contributed by atoms with van der Waals surface area (Å²) in [6.07, 6.45) is 2.76. The zero-order chi connectivity index (χ0) is 21.8. The van der Waals surface area contributed by atoms with Gasteiger partial charge in [0.1, 0.15) is 11.5 Å². The minimum Gasteiger partial charge on any atom is -0.317 e. The summed E-state index contributed by atoms with van der Waals surface area (Å²) in [7, 11) is 1.86. The molecule has 0 spiro atoms. The van der Waals surface area contributed by atoms with E-state index < -0.39 is 0 Å². The van der Waals surface area contributed by atoms with Crippen molar-refractivity contribution in [2.45, 2.75) is 32.2 Å². The highest BCUT2D eigenvalue weighted by atomic mass is 19.1. The lowest BCUT2D eigenvalue weighted by Crippen LogP contribution is -2.50. The van der Waals surface area contributed by atoms with Gasteiger partial charge in [-0.2, -0.15) is 5.10 Å². The molecule has 1 atom stereocenters. The van der Waals surface area contributed by atoms with Crippen LogP contribution in [-0.2, 0) is 13.5 Å². The molecule has 164 valence electrons. The molecule has 3 aromatic rings. The van der Waals surface area contributed by atoms with Crippen LogP contribution in [0.25, 0.3) is 10.9 Å². The largest absolute Gasteiger partial charge is 0.317 e. The quantitative estimate of drug-likeness (QED) is 0.561. The molecule has 4 rings (SSSR count). The van der Waals surface area contributed by atoms with E-state index in [2.05, 4.69) is 22.2 Å². The monoisotopic (exact) mass is 422 g/mol. The van der Waals surface area contributed by atoms with Crippen LogP contribution in [0.15, 0.2) is 48.5 Å². The van der Waals surface area contributed by atoms with Crippen molar-refractivity contribution >= 4 is 16.7 Å². The maximum absolute atomic E-state index is 14.0. The Hall–Kier alpha value is -2.57. The van der Waals surface area contributed by atoms with Crippen molar-refractivity contribution in [2.24, 2.45) is 13.0 Å². The molecule has 1 aromatic heterocycles. The Morgan fingerprint density at radius 3 is 2.61 bits per heavy atom. The van der Waals surface area contributed by atoms with E-state index in [1.807, 2.05) is 43.4 Å². The lowest BCUT2D eigenvalue weighted by atomic mass is 9.85. The topological polar surface area (TPSA) is 50.2 Å². The highest BCUT2D eigenvalue weighted by Crippen LogP contribution is 2.28. The van der Waals surface area contributed by atoms with Gasteiger partial charge in [-0.15, -0.1) is 0 Å². The first-order valence-electron chi connectivity index (χ1n) is 11.2. The zero-order valence-corrected chi connectivity index (χ0v) is 18.4. The van der Waals surface area contributed by atoms with Crippen molar-refractivity contribution in [3.8, 4) is 0 Å². The van der Waals surface area contributed by atoms with Crippen LogP contribution in [0, 0.1) is 11.7 Å². The van der Waals surface area contributed by atoms with Gasteiger partial charge in [-0.25, -0.2) is 4.39 Å². The van der Waals surface area contributed by atoms with Crippen LogP contribution in [0.4, 0.5) is 4.39 Å². The first-order valence-corrected chi connectivity index (χ1v) is 11.2. The normalized spacial score (nSPS) is 16.1. The second-order valence-electron chi connectivity index (χ2n) is 8.39. The molecule has 1 fully saturated rings. The van der Waals surface area contributed by atoms with Crippen molar-refractivity contribution in [3.05, 3.63) is 65.6 Å². The number of rotatable bonds is 8. The number of nitrogens with zero attached hydrogens (tertiary/aromatic N) is 3. The molecule has 1 saturated heterocycles. The summed E-state index contributed by atoms with van der Waals surface area (Å²) >= 11 is 0. The minimum atomic E-state index is -0.220. The number of carbonyl (C=O) groups is 1. The summed E-state index contributed by atoms with van der Waals surface area (Å²) in [4.78, 5) is 16.3. The number of carbonyl (C=O) groups excluding carboxylic acids is 1. The minimum absolute atomic E-state index is 0.157. The van der Waals surface area contributed by atoms with Gasteiger partial charge in [-0.1, -0.05) is 37.3 Å². The molecule has 1 aliphatic heterocycles. The molecular formula is C25H31FN4O. The summed E-state index contributed by atoms with van der Waals surface area (Å²) in [6.45, 7) is 5.55. The van der Waals surface area contributed by atoms with Crippen molar-refractivity contribution in [2.75, 3.05) is 26.2 Å². The van der Waals surface area contributed by atoms with Crippen LogP contribution >= 0.6 is 0 Å². The van der Waals surface area contributed by atoms with Crippen LogP contribution in [0.2, 0.25) is 0 Å². The third-order valence-electron chi connectivity index (χ3n) is 6.47. The number of likely N-dealkylation sites (N-methyl/N-ethyl adjacent to an activating group) is 1. The fraction of sp³-hybridized carbons (Fsp3) is 0.440. The molecule has 31 heavy (non-hydrogen) atoms. The van der Waals surface area contributed by atoms with Gasteiger partial charge in [0.2, 0.25) is 0 Å². The summed E-state index contributed by atoms with van der Waals surface area (Å²) in [5, 5.41) is 8.92. The van der Waals surface area contributed by atoms with E-state index in [1.54, 1.807) is 4.68 Å². The summed E-state index contributed by atoms with van der Waals surface area (Å²) in [5.41, 5.74) is 2.63. The highest BCUT2D eigenvalue weighted by Gasteiger charge is 2.36. The van der Waals surface area contributed by atoms with Gasteiger partial charge in [0, 0.05) is 19.0 Å². The molecule has 0 saturated carbocycles. The second kappa shape index (κ2) is 9.71. The number of nitrogens with one attached hydrogen (secondary N) is 1. The van der Waals surface area contributed by atoms with Crippen molar-refractivity contribution in [1.82, 2.24) is 20.0 Å². The Bertz CT molecular complexity index is 1020. The van der Waals surface area contributed by atoms with Gasteiger partial charge in [0.05, 0.1) is 11.6 Å². The predicted molar refractivity (Wildman–Crippen MR) is 122 cm³/mol. The van der Waals surface area contributed by atoms with Gasteiger partial charge >= 0.3 is 0 Å². The number of Topliss-reactive ketones (excluding diaryl/α,β-unsaturated/α-hetero) is 1. The number of halogens is 1. The zero-order valence-electron chi connectivity index (χ0n) is 18.4. The lowest BCUT2D eigenvalue weighted by molar-refractivity contribution is 0.0681. The number of piperidine rings is 1. The van der Waals surface area contributed by atoms with Gasteiger partial charge in [-0.05, 0) is 68.6 Å². The number of ketones is 1. The van der Waals surface area contributed by atoms with E-state index in [9.17, 15) is 9.18 Å². The molecule has 5 nitrogen and oxygen atoms in total. The number of fused-ring (bicyclic) bond motifs is 1. The van der Waals surface area contributed by atoms with E-state index in [4.69, 9.17) is 0 Å². The molecule has 2 aromatic carbocycles. The fourth-order valence-corrected chi connectivity index (χ4v) is 4.83. The molecule has 0 amide bonds. The maximum Gasteiger partial charge on any atom is 0.198 e. The number of aromatic nitrogens is 2. The SMILES string of the molecule is CCN(CCc1ccc(F)cc1)[C@@H](C(=O)c1c2ccccc2nn1C)C1CCNCC1. The van der Waals surface area contributed by atoms with Crippen molar-refractivity contribution < 1.29 is 9.18 Å². The lowest BCUT2D eigenvalue weighted by Gasteiger charge is -2.37. The summed E-state index contributed by atoms with van der Waals surface area (Å²) < 4.78 is 15.0. The van der Waals surface area contributed by atoms with E-state index in [0.717, 1.165) is 61.9 Å². The number of benzene rings is 2. The molecule has 0 bridgehead atoms. The third-order valence-corrected chi connectivity index (χ3v) is 6.47. The maximum atomic E-state index is 14.0. The molecule has 1 N–H and O–H groups in total. The molecule has 0 aliphatic carbocycles. The molecular weight excluding hydrogens is 391 g/mol. The Morgan fingerprint density at radius 2 is 1.90 bits per heavy atom. The van der Waals surface area contributed by atoms with Gasteiger partial charge in [-0.3, -0.25) is 14.4 Å². The Kier molecular flexibility index (Phi) is 6.78. The highest BCUT2D eigenvalue weighted by molar-refractivity contribution is 6.08. The molecule has 0 unspecified atom stereocenters. The summed E-state index contributed by atoms with van der Waals surface area (Å²) in [5.74, 6) is 0.238. The van der Waals surface area contributed by atoms with Crippen LogP contribution < -0.4 is 5.32 Å². The molecule has 2 heterocycles. The molecule has 6 heteroatoms. The Balaban J connectivity index is 1.64. The molecule has 0 radical (unpaired) electrons. The number of hydrogen-bond donors (Lipinski definition) is 1. The Labute approximate surface area is 183 Å². The first-order chi connectivity index (χ1) is 15.1. The second-order valence-corrected chi connectivity index (χ2v) is 8.39. The average molecular weight is 423 g/mol. The van der Waals surface area contributed by atoms with Gasteiger partial charge in [0.25, 0.3) is 0 Å². The van der Waals surface area contributed by atoms with E-state index in [-0.39, 0.29) is 17.6 Å². The first kappa shape index (κ1) is 21.7.